The average molecular weight is 366 g/mol. The van der Waals surface area contributed by atoms with E-state index in [0.717, 1.165) is 6.07 Å². The minimum absolute atomic E-state index is 0.0134. The highest BCUT2D eigenvalue weighted by Gasteiger charge is 2.17. The predicted molar refractivity (Wildman–Crippen MR) is 92.4 cm³/mol. The molecule has 0 spiro atoms. The van der Waals surface area contributed by atoms with Crippen molar-refractivity contribution in [1.82, 2.24) is 0 Å². The van der Waals surface area contributed by atoms with Crippen LogP contribution in [0.4, 0.5) is 11.4 Å². The number of para-hydroxylation sites is 1. The molecule has 0 saturated carbocycles. The van der Waals surface area contributed by atoms with Crippen LogP contribution in [-0.4, -0.2) is 22.5 Å². The molecule has 3 N–H and O–H groups in total. The second-order valence-electron chi connectivity index (χ2n) is 4.63. The summed E-state index contributed by atoms with van der Waals surface area (Å²) in [5.74, 6) is -1.01. The van der Waals surface area contributed by atoms with Crippen molar-refractivity contribution in [2.24, 2.45) is 5.73 Å². The van der Waals surface area contributed by atoms with Crippen LogP contribution in [0.5, 0.6) is 0 Å². The molecule has 2 amide bonds. The number of halogens is 1. The fraction of sp³-hybridized carbons (Fsp3) is 0.0667. The second-order valence-corrected chi connectivity index (χ2v) is 6.05. The van der Waals surface area contributed by atoms with E-state index >= 15 is 0 Å². The first kappa shape index (κ1) is 17.8. The highest BCUT2D eigenvalue weighted by atomic mass is 35.5. The fourth-order valence-corrected chi connectivity index (χ4v) is 2.79. The first-order valence-electron chi connectivity index (χ1n) is 6.64. The van der Waals surface area contributed by atoms with Crippen LogP contribution in [0.15, 0.2) is 47.4 Å². The standard InChI is InChI=1S/C15H12ClN3O4S/c16-11-6-5-9(19(22)23)7-10(11)15(21)18-12-3-1-2-4-13(12)24-8-14(17)20/h1-7H,8H2,(H2,17,20)(H,18,21). The minimum Gasteiger partial charge on any atom is -0.369 e. The molecule has 0 aromatic heterocycles. The van der Waals surface area contributed by atoms with Crippen LogP contribution in [0.25, 0.3) is 0 Å². The first-order chi connectivity index (χ1) is 11.4. The van der Waals surface area contributed by atoms with E-state index in [9.17, 15) is 19.7 Å². The number of nitrogens with zero attached hydrogens (tertiary/aromatic N) is 1. The van der Waals surface area contributed by atoms with Gasteiger partial charge in [0.1, 0.15) is 0 Å². The molecule has 2 rings (SSSR count). The van der Waals surface area contributed by atoms with Gasteiger partial charge in [-0.1, -0.05) is 23.7 Å². The largest absolute Gasteiger partial charge is 0.369 e. The summed E-state index contributed by atoms with van der Waals surface area (Å²) >= 11 is 7.13. The Morgan fingerprint density at radius 1 is 1.25 bits per heavy atom. The van der Waals surface area contributed by atoms with Crippen molar-refractivity contribution in [1.29, 1.82) is 0 Å². The Labute approximate surface area is 146 Å². The van der Waals surface area contributed by atoms with E-state index in [1.54, 1.807) is 24.3 Å². The maximum atomic E-state index is 12.4. The number of primary amides is 1. The third-order valence-electron chi connectivity index (χ3n) is 2.91. The predicted octanol–water partition coefficient (Wildman–Crippen LogP) is 3.08. The number of nitro benzene ring substituents is 1. The molecule has 0 saturated heterocycles. The molecule has 7 nitrogen and oxygen atoms in total. The third-order valence-corrected chi connectivity index (χ3v) is 4.34. The number of rotatable bonds is 6. The lowest BCUT2D eigenvalue weighted by Gasteiger charge is -2.11. The van der Waals surface area contributed by atoms with E-state index in [4.69, 9.17) is 17.3 Å². The molecule has 0 unspecified atom stereocenters. The zero-order chi connectivity index (χ0) is 17.7. The van der Waals surface area contributed by atoms with Crippen LogP contribution in [0.1, 0.15) is 10.4 Å². The van der Waals surface area contributed by atoms with Crippen molar-refractivity contribution in [3.63, 3.8) is 0 Å². The maximum Gasteiger partial charge on any atom is 0.270 e. The van der Waals surface area contributed by atoms with Gasteiger partial charge in [0.2, 0.25) is 5.91 Å². The summed E-state index contributed by atoms with van der Waals surface area (Å²) in [7, 11) is 0. The third kappa shape index (κ3) is 4.46. The summed E-state index contributed by atoms with van der Waals surface area (Å²) in [4.78, 5) is 34.2. The van der Waals surface area contributed by atoms with E-state index < -0.39 is 16.7 Å². The normalized spacial score (nSPS) is 10.2. The van der Waals surface area contributed by atoms with Crippen molar-refractivity contribution < 1.29 is 14.5 Å². The van der Waals surface area contributed by atoms with Crippen LogP contribution in [0.3, 0.4) is 0 Å². The van der Waals surface area contributed by atoms with Gasteiger partial charge in [-0.3, -0.25) is 19.7 Å². The van der Waals surface area contributed by atoms with E-state index in [0.29, 0.717) is 10.6 Å². The molecule has 2 aromatic carbocycles. The first-order valence-corrected chi connectivity index (χ1v) is 8.00. The van der Waals surface area contributed by atoms with Crippen LogP contribution in [0.2, 0.25) is 5.02 Å². The Morgan fingerprint density at radius 3 is 2.62 bits per heavy atom. The Bertz CT molecular complexity index is 813. The molecule has 0 fully saturated rings. The molecule has 0 heterocycles. The molecule has 24 heavy (non-hydrogen) atoms. The van der Waals surface area contributed by atoms with Gasteiger partial charge in [0.05, 0.1) is 26.9 Å². The van der Waals surface area contributed by atoms with E-state index in [1.165, 1.54) is 23.9 Å². The van der Waals surface area contributed by atoms with Crippen LogP contribution in [0, 0.1) is 10.1 Å². The maximum absolute atomic E-state index is 12.4. The number of carbonyl (C=O) groups is 2. The lowest BCUT2D eigenvalue weighted by molar-refractivity contribution is -0.384. The number of hydrogen-bond donors (Lipinski definition) is 2. The van der Waals surface area contributed by atoms with Crippen molar-refractivity contribution >= 4 is 46.6 Å². The van der Waals surface area contributed by atoms with Crippen molar-refractivity contribution in [3.8, 4) is 0 Å². The number of nitrogens with one attached hydrogen (secondary N) is 1. The summed E-state index contributed by atoms with van der Waals surface area (Å²) in [6.07, 6.45) is 0. The number of carbonyl (C=O) groups excluding carboxylic acids is 2. The van der Waals surface area contributed by atoms with Gasteiger partial charge in [0.15, 0.2) is 0 Å². The zero-order valence-corrected chi connectivity index (χ0v) is 13.8. The van der Waals surface area contributed by atoms with Gasteiger partial charge in [-0.25, -0.2) is 0 Å². The van der Waals surface area contributed by atoms with Gasteiger partial charge in [-0.2, -0.15) is 0 Å². The van der Waals surface area contributed by atoms with E-state index in [1.807, 2.05) is 0 Å². The van der Waals surface area contributed by atoms with Gasteiger partial charge in [-0.15, -0.1) is 11.8 Å². The number of hydrogen-bond acceptors (Lipinski definition) is 5. The zero-order valence-electron chi connectivity index (χ0n) is 12.2. The highest BCUT2D eigenvalue weighted by molar-refractivity contribution is 8.00. The molecular weight excluding hydrogens is 354 g/mol. The van der Waals surface area contributed by atoms with Gasteiger partial charge in [-0.05, 0) is 18.2 Å². The molecular formula is C15H12ClN3O4S. The minimum atomic E-state index is -0.607. The van der Waals surface area contributed by atoms with Gasteiger partial charge in [0.25, 0.3) is 11.6 Å². The quantitative estimate of drug-likeness (QED) is 0.463. The summed E-state index contributed by atoms with van der Waals surface area (Å²) in [6.45, 7) is 0. The molecule has 0 atom stereocenters. The number of nitrogens with two attached hydrogens (primary N) is 1. The van der Waals surface area contributed by atoms with Gasteiger partial charge in [0, 0.05) is 17.0 Å². The molecule has 124 valence electrons. The van der Waals surface area contributed by atoms with E-state index in [-0.39, 0.29) is 22.0 Å². The summed E-state index contributed by atoms with van der Waals surface area (Å²) < 4.78 is 0. The second kappa shape index (κ2) is 7.80. The molecule has 0 aliphatic carbocycles. The lowest BCUT2D eigenvalue weighted by atomic mass is 10.2. The molecule has 0 aliphatic rings. The highest BCUT2D eigenvalue weighted by Crippen LogP contribution is 2.28. The number of non-ortho nitro benzene ring substituents is 1. The monoisotopic (exact) mass is 365 g/mol. The fourth-order valence-electron chi connectivity index (χ4n) is 1.84. The van der Waals surface area contributed by atoms with Crippen LogP contribution in [-0.2, 0) is 4.79 Å². The summed E-state index contributed by atoms with van der Waals surface area (Å²) in [5, 5.41) is 13.6. The topological polar surface area (TPSA) is 115 Å². The molecule has 0 aliphatic heterocycles. The number of nitro groups is 1. The number of anilines is 1. The summed E-state index contributed by atoms with van der Waals surface area (Å²) in [5.41, 5.74) is 5.33. The lowest BCUT2D eigenvalue weighted by Crippen LogP contribution is -2.15. The Balaban J connectivity index is 2.26. The smallest absolute Gasteiger partial charge is 0.270 e. The Morgan fingerprint density at radius 2 is 1.96 bits per heavy atom. The van der Waals surface area contributed by atoms with Crippen LogP contribution < -0.4 is 11.1 Å². The number of thioether (sulfide) groups is 1. The Hall–Kier alpha value is -2.58. The molecule has 0 radical (unpaired) electrons. The molecule has 2 aromatic rings. The van der Waals surface area contributed by atoms with Crippen molar-refractivity contribution in [3.05, 3.63) is 63.2 Å². The number of benzene rings is 2. The summed E-state index contributed by atoms with van der Waals surface area (Å²) in [6, 6.07) is 10.4. The Kier molecular flexibility index (Phi) is 5.78. The molecule has 0 bridgehead atoms. The average Bonchev–Trinajstić information content (AvgIpc) is 2.54. The van der Waals surface area contributed by atoms with Crippen molar-refractivity contribution in [2.75, 3.05) is 11.1 Å². The van der Waals surface area contributed by atoms with Crippen molar-refractivity contribution in [2.45, 2.75) is 4.90 Å². The SMILES string of the molecule is NC(=O)CSc1ccccc1NC(=O)c1cc([N+](=O)[O-])ccc1Cl. The van der Waals surface area contributed by atoms with Gasteiger partial charge >= 0.3 is 0 Å². The van der Waals surface area contributed by atoms with Crippen LogP contribution >= 0.6 is 23.4 Å². The number of amides is 2. The van der Waals surface area contributed by atoms with Gasteiger partial charge < -0.3 is 11.1 Å². The molecule has 9 heteroatoms. The van der Waals surface area contributed by atoms with E-state index in [2.05, 4.69) is 5.32 Å².